The van der Waals surface area contributed by atoms with Crippen molar-refractivity contribution in [1.82, 2.24) is 20.2 Å². The molecule has 2 aromatic heterocycles. The van der Waals surface area contributed by atoms with Gasteiger partial charge >= 0.3 is 6.01 Å². The molecule has 0 saturated heterocycles. The standard InChI is InChI=1S/C18H14Cl2N4O/c19-13-7-4-8-18(20,9-13)16-15-14(23-24-16)10-21-17(22-15)25-11-12-5-2-1-3-6-12/h1-8,10H,9,11H2,(H,23,24). The van der Waals surface area contributed by atoms with Gasteiger partial charge in [-0.3, -0.25) is 5.10 Å². The van der Waals surface area contributed by atoms with Crippen LogP contribution in [0.5, 0.6) is 6.01 Å². The van der Waals surface area contributed by atoms with E-state index in [-0.39, 0.29) is 6.01 Å². The van der Waals surface area contributed by atoms with Crippen LogP contribution in [0, 0.1) is 0 Å². The van der Waals surface area contributed by atoms with E-state index in [0.29, 0.717) is 34.8 Å². The second kappa shape index (κ2) is 6.50. The predicted octanol–water partition coefficient (Wildman–Crippen LogP) is 4.45. The number of fused-ring (bicyclic) bond motifs is 1. The summed E-state index contributed by atoms with van der Waals surface area (Å²) in [5, 5.41) is 7.88. The Hall–Kier alpha value is -2.37. The van der Waals surface area contributed by atoms with Crippen LogP contribution in [0.4, 0.5) is 0 Å². The normalized spacial score (nSPS) is 19.8. The molecular formula is C18H14Cl2N4O. The third-order valence-electron chi connectivity index (χ3n) is 3.96. The first-order chi connectivity index (χ1) is 12.1. The molecule has 0 saturated carbocycles. The van der Waals surface area contributed by atoms with Crippen molar-refractivity contribution in [3.63, 3.8) is 0 Å². The molecule has 7 heteroatoms. The van der Waals surface area contributed by atoms with Crippen LogP contribution in [-0.4, -0.2) is 20.2 Å². The lowest BCUT2D eigenvalue weighted by Gasteiger charge is -2.24. The number of benzene rings is 1. The highest BCUT2D eigenvalue weighted by Crippen LogP contribution is 2.41. The number of alkyl halides is 1. The molecular weight excluding hydrogens is 359 g/mol. The minimum atomic E-state index is -0.814. The van der Waals surface area contributed by atoms with Crippen molar-refractivity contribution in [3.05, 3.63) is 71.0 Å². The van der Waals surface area contributed by atoms with Gasteiger partial charge in [-0.2, -0.15) is 10.1 Å². The van der Waals surface area contributed by atoms with E-state index in [1.54, 1.807) is 6.20 Å². The lowest BCUT2D eigenvalue weighted by Crippen LogP contribution is -2.19. The fourth-order valence-electron chi connectivity index (χ4n) is 2.72. The molecule has 1 aromatic carbocycles. The summed E-state index contributed by atoms with van der Waals surface area (Å²) in [7, 11) is 0. The van der Waals surface area contributed by atoms with Crippen LogP contribution in [0.1, 0.15) is 17.7 Å². The number of hydrogen-bond acceptors (Lipinski definition) is 4. The third-order valence-corrected chi connectivity index (χ3v) is 4.67. The van der Waals surface area contributed by atoms with Crippen LogP contribution in [0.25, 0.3) is 11.0 Å². The van der Waals surface area contributed by atoms with Crippen LogP contribution >= 0.6 is 23.2 Å². The maximum atomic E-state index is 6.76. The van der Waals surface area contributed by atoms with Crippen LogP contribution in [0.3, 0.4) is 0 Å². The number of nitrogens with one attached hydrogen (secondary N) is 1. The van der Waals surface area contributed by atoms with Gasteiger partial charge in [0.15, 0.2) is 0 Å². The fraction of sp³-hybridized carbons (Fsp3) is 0.167. The lowest BCUT2D eigenvalue weighted by atomic mass is 9.95. The van der Waals surface area contributed by atoms with Crippen molar-refractivity contribution in [2.45, 2.75) is 17.9 Å². The highest BCUT2D eigenvalue weighted by atomic mass is 35.5. The van der Waals surface area contributed by atoms with Crippen molar-refractivity contribution < 1.29 is 4.74 Å². The summed E-state index contributed by atoms with van der Waals surface area (Å²) in [5.41, 5.74) is 2.98. The van der Waals surface area contributed by atoms with E-state index < -0.39 is 4.87 Å². The molecule has 0 bridgehead atoms. The number of aromatic nitrogens is 4. The molecule has 1 unspecified atom stereocenters. The van der Waals surface area contributed by atoms with E-state index in [2.05, 4.69) is 20.2 Å². The maximum Gasteiger partial charge on any atom is 0.317 e. The van der Waals surface area contributed by atoms with E-state index in [0.717, 1.165) is 5.56 Å². The van der Waals surface area contributed by atoms with E-state index in [1.807, 2.05) is 48.6 Å². The van der Waals surface area contributed by atoms with Crippen molar-refractivity contribution in [1.29, 1.82) is 0 Å². The number of rotatable bonds is 4. The quantitative estimate of drug-likeness (QED) is 0.687. The van der Waals surface area contributed by atoms with Gasteiger partial charge in [0.05, 0.1) is 11.9 Å². The number of hydrogen-bond donors (Lipinski definition) is 1. The van der Waals surface area contributed by atoms with Crippen molar-refractivity contribution in [2.24, 2.45) is 0 Å². The minimum absolute atomic E-state index is 0.278. The van der Waals surface area contributed by atoms with Gasteiger partial charge in [0.1, 0.15) is 22.5 Å². The highest BCUT2D eigenvalue weighted by molar-refractivity contribution is 6.32. The van der Waals surface area contributed by atoms with Gasteiger partial charge in [-0.05, 0) is 11.6 Å². The summed E-state index contributed by atoms with van der Waals surface area (Å²) >= 11 is 12.9. The molecule has 0 fully saturated rings. The summed E-state index contributed by atoms with van der Waals surface area (Å²) in [4.78, 5) is 7.88. The largest absolute Gasteiger partial charge is 0.459 e. The van der Waals surface area contributed by atoms with Crippen LogP contribution in [0.2, 0.25) is 0 Å². The molecule has 0 amide bonds. The Morgan fingerprint density at radius 3 is 2.88 bits per heavy atom. The van der Waals surface area contributed by atoms with Crippen LogP contribution < -0.4 is 4.74 Å². The average molecular weight is 373 g/mol. The number of halogens is 2. The zero-order valence-electron chi connectivity index (χ0n) is 13.1. The lowest BCUT2D eigenvalue weighted by molar-refractivity contribution is 0.282. The Kier molecular flexibility index (Phi) is 4.19. The summed E-state index contributed by atoms with van der Waals surface area (Å²) in [6.07, 6.45) is 7.62. The minimum Gasteiger partial charge on any atom is -0.459 e. The SMILES string of the molecule is ClC1=CC=CC(Cl)(c2[nH]nc3cnc(OCc4ccccc4)nc23)C1. The Bertz CT molecular complexity index is 968. The number of allylic oxidation sites excluding steroid dienone is 4. The molecule has 2 heterocycles. The molecule has 1 aliphatic carbocycles. The second-order valence-electron chi connectivity index (χ2n) is 5.77. The smallest absolute Gasteiger partial charge is 0.317 e. The first-order valence-electron chi connectivity index (χ1n) is 7.75. The highest BCUT2D eigenvalue weighted by Gasteiger charge is 2.34. The van der Waals surface area contributed by atoms with Crippen molar-refractivity contribution in [3.8, 4) is 6.01 Å². The first kappa shape index (κ1) is 16.1. The van der Waals surface area contributed by atoms with E-state index in [9.17, 15) is 0 Å². The van der Waals surface area contributed by atoms with Crippen molar-refractivity contribution in [2.75, 3.05) is 0 Å². The molecule has 3 aromatic rings. The van der Waals surface area contributed by atoms with E-state index in [4.69, 9.17) is 27.9 Å². The van der Waals surface area contributed by atoms with Crippen molar-refractivity contribution >= 4 is 34.2 Å². The predicted molar refractivity (Wildman–Crippen MR) is 97.7 cm³/mol. The summed E-state index contributed by atoms with van der Waals surface area (Å²) in [6.45, 7) is 0.389. The summed E-state index contributed by atoms with van der Waals surface area (Å²) in [5.74, 6) is 0. The summed E-state index contributed by atoms with van der Waals surface area (Å²) in [6, 6.07) is 10.1. The molecule has 25 heavy (non-hydrogen) atoms. The molecule has 126 valence electrons. The van der Waals surface area contributed by atoms with E-state index >= 15 is 0 Å². The molecule has 1 atom stereocenters. The van der Waals surface area contributed by atoms with E-state index in [1.165, 1.54) is 0 Å². The zero-order valence-corrected chi connectivity index (χ0v) is 14.6. The monoisotopic (exact) mass is 372 g/mol. The molecule has 0 radical (unpaired) electrons. The van der Waals surface area contributed by atoms with Gasteiger partial charge in [-0.1, -0.05) is 54.1 Å². The zero-order chi connectivity index (χ0) is 17.3. The first-order valence-corrected chi connectivity index (χ1v) is 8.51. The molecule has 5 nitrogen and oxygen atoms in total. The number of nitrogens with zero attached hydrogens (tertiary/aromatic N) is 3. The van der Waals surface area contributed by atoms with Gasteiger partial charge < -0.3 is 4.74 Å². The number of H-pyrrole nitrogens is 1. The summed E-state index contributed by atoms with van der Waals surface area (Å²) < 4.78 is 5.70. The maximum absolute atomic E-state index is 6.76. The van der Waals surface area contributed by atoms with Gasteiger partial charge in [0.2, 0.25) is 0 Å². The Morgan fingerprint density at radius 2 is 2.08 bits per heavy atom. The number of aromatic amines is 1. The van der Waals surface area contributed by atoms with Gasteiger partial charge in [0.25, 0.3) is 0 Å². The molecule has 0 aliphatic heterocycles. The topological polar surface area (TPSA) is 63.7 Å². The molecule has 0 spiro atoms. The van der Waals surface area contributed by atoms with Crippen LogP contribution in [0.15, 0.2) is 59.8 Å². The Morgan fingerprint density at radius 1 is 1.24 bits per heavy atom. The Balaban J connectivity index is 1.64. The Labute approximate surface area is 154 Å². The number of ether oxygens (including phenoxy) is 1. The molecule has 4 rings (SSSR count). The molecule has 1 aliphatic rings. The molecule has 1 N–H and O–H groups in total. The van der Waals surface area contributed by atoms with Gasteiger partial charge in [-0.15, -0.1) is 11.6 Å². The fourth-order valence-corrected chi connectivity index (χ4v) is 3.42. The second-order valence-corrected chi connectivity index (χ2v) is 6.93. The third kappa shape index (κ3) is 3.25. The average Bonchev–Trinajstić information content (AvgIpc) is 3.05. The van der Waals surface area contributed by atoms with Crippen LogP contribution in [-0.2, 0) is 11.5 Å². The van der Waals surface area contributed by atoms with Gasteiger partial charge in [-0.25, -0.2) is 4.98 Å². The van der Waals surface area contributed by atoms with Gasteiger partial charge in [0, 0.05) is 11.5 Å².